The van der Waals surface area contributed by atoms with Gasteiger partial charge in [-0.25, -0.2) is 4.68 Å². The van der Waals surface area contributed by atoms with E-state index >= 15 is 0 Å². The molecule has 3 atom stereocenters. The number of aliphatic hydroxyl groups excluding tert-OH is 2. The quantitative estimate of drug-likeness (QED) is 0.273. The van der Waals surface area contributed by atoms with Gasteiger partial charge < -0.3 is 15.5 Å². The number of nitrogens with one attached hydrogen (secondary N) is 1. The fourth-order valence-corrected chi connectivity index (χ4v) is 4.13. The van der Waals surface area contributed by atoms with Crippen LogP contribution in [0, 0.1) is 16.0 Å². The molecule has 0 radical (unpaired) electrons. The van der Waals surface area contributed by atoms with Gasteiger partial charge in [-0.1, -0.05) is 19.8 Å². The summed E-state index contributed by atoms with van der Waals surface area (Å²) < 4.78 is 1.38. The van der Waals surface area contributed by atoms with E-state index in [1.54, 1.807) is 12.1 Å². The molecule has 0 aliphatic carbocycles. The SMILES string of the molecule is CC1[C@H](O)CCN(CCCCCCNc2ccc(-n3cnnn3)cc2[N+](=O)[O-])[C@@H]1CO. The molecule has 2 aromatic rings. The third kappa shape index (κ3) is 5.96. The first-order chi connectivity index (χ1) is 15.0. The topological polar surface area (TPSA) is 142 Å². The van der Waals surface area contributed by atoms with Gasteiger partial charge in [-0.3, -0.25) is 15.0 Å². The molecular weight excluding hydrogens is 402 g/mol. The van der Waals surface area contributed by atoms with Crippen molar-refractivity contribution in [3.8, 4) is 5.69 Å². The summed E-state index contributed by atoms with van der Waals surface area (Å²) in [5.41, 5.74) is 1.00. The molecule has 0 amide bonds. The van der Waals surface area contributed by atoms with Crippen molar-refractivity contribution >= 4 is 11.4 Å². The van der Waals surface area contributed by atoms with Crippen LogP contribution in [0.2, 0.25) is 0 Å². The van der Waals surface area contributed by atoms with E-state index in [0.29, 0.717) is 17.9 Å². The molecule has 1 aromatic carbocycles. The van der Waals surface area contributed by atoms with E-state index < -0.39 is 4.92 Å². The number of anilines is 1. The number of nitro benzene ring substituents is 1. The first kappa shape index (κ1) is 23.0. The van der Waals surface area contributed by atoms with Crippen molar-refractivity contribution in [2.45, 2.75) is 51.2 Å². The van der Waals surface area contributed by atoms with Crippen LogP contribution in [-0.2, 0) is 0 Å². The van der Waals surface area contributed by atoms with E-state index in [2.05, 4.69) is 25.7 Å². The third-order valence-corrected chi connectivity index (χ3v) is 6.06. The first-order valence-electron chi connectivity index (χ1n) is 10.8. The monoisotopic (exact) mass is 433 g/mol. The molecule has 11 nitrogen and oxygen atoms in total. The highest BCUT2D eigenvalue weighted by Crippen LogP contribution is 2.27. The van der Waals surface area contributed by atoms with Gasteiger partial charge in [-0.15, -0.1) is 5.10 Å². The summed E-state index contributed by atoms with van der Waals surface area (Å²) in [4.78, 5) is 13.3. The number of aromatic nitrogens is 4. The zero-order chi connectivity index (χ0) is 22.2. The lowest BCUT2D eigenvalue weighted by Gasteiger charge is -2.41. The van der Waals surface area contributed by atoms with Crippen molar-refractivity contribution in [3.05, 3.63) is 34.6 Å². The molecule has 1 unspecified atom stereocenters. The van der Waals surface area contributed by atoms with Gasteiger partial charge in [0.25, 0.3) is 5.69 Å². The van der Waals surface area contributed by atoms with Gasteiger partial charge in [0.1, 0.15) is 12.0 Å². The highest BCUT2D eigenvalue weighted by atomic mass is 16.6. The molecule has 31 heavy (non-hydrogen) atoms. The number of hydrogen-bond donors (Lipinski definition) is 3. The number of rotatable bonds is 11. The standard InChI is InChI=1S/C20H31N7O4/c1-15-19(13-28)25(11-8-20(15)29)10-5-3-2-4-9-21-17-7-6-16(12-18(17)27(30)31)26-14-22-23-24-26/h6-7,12,14-15,19-21,28-29H,2-5,8-11,13H2,1H3/t15?,19-,20-/m1/s1. The first-order valence-corrected chi connectivity index (χ1v) is 10.8. The molecule has 2 heterocycles. The van der Waals surface area contributed by atoms with Crippen LogP contribution in [0.25, 0.3) is 5.69 Å². The van der Waals surface area contributed by atoms with E-state index in [9.17, 15) is 20.3 Å². The van der Waals surface area contributed by atoms with Crippen LogP contribution in [-0.4, -0.2) is 78.6 Å². The van der Waals surface area contributed by atoms with E-state index in [-0.39, 0.29) is 30.4 Å². The highest BCUT2D eigenvalue weighted by molar-refractivity contribution is 5.65. The lowest BCUT2D eigenvalue weighted by atomic mass is 9.88. The Bertz CT molecular complexity index is 833. The van der Waals surface area contributed by atoms with Gasteiger partial charge in [0.05, 0.1) is 23.3 Å². The largest absolute Gasteiger partial charge is 0.395 e. The van der Waals surface area contributed by atoms with E-state index in [1.165, 1.54) is 17.1 Å². The normalized spacial score (nSPS) is 21.8. The van der Waals surface area contributed by atoms with Gasteiger partial charge in [0.2, 0.25) is 0 Å². The van der Waals surface area contributed by atoms with Crippen molar-refractivity contribution in [3.63, 3.8) is 0 Å². The summed E-state index contributed by atoms with van der Waals surface area (Å²) in [6.45, 7) is 4.46. The second-order valence-corrected chi connectivity index (χ2v) is 8.05. The average molecular weight is 434 g/mol. The summed E-state index contributed by atoms with van der Waals surface area (Å²) in [6.07, 6.45) is 5.82. The number of likely N-dealkylation sites (tertiary alicyclic amines) is 1. The van der Waals surface area contributed by atoms with E-state index in [1.807, 2.05) is 6.92 Å². The molecule has 0 saturated carbocycles. The number of aliphatic hydroxyl groups is 2. The Morgan fingerprint density at radius 3 is 2.81 bits per heavy atom. The Morgan fingerprint density at radius 2 is 2.10 bits per heavy atom. The number of benzene rings is 1. The number of tetrazole rings is 1. The van der Waals surface area contributed by atoms with Crippen LogP contribution >= 0.6 is 0 Å². The minimum atomic E-state index is -0.412. The Hall–Kier alpha value is -2.63. The fourth-order valence-electron chi connectivity index (χ4n) is 4.13. The summed E-state index contributed by atoms with van der Waals surface area (Å²) >= 11 is 0. The van der Waals surface area contributed by atoms with E-state index in [0.717, 1.165) is 45.2 Å². The van der Waals surface area contributed by atoms with Crippen molar-refractivity contribution in [1.82, 2.24) is 25.1 Å². The smallest absolute Gasteiger partial charge is 0.294 e. The maximum Gasteiger partial charge on any atom is 0.294 e. The Balaban J connectivity index is 1.39. The average Bonchev–Trinajstić information content (AvgIpc) is 3.30. The second-order valence-electron chi connectivity index (χ2n) is 8.05. The maximum atomic E-state index is 11.4. The molecule has 1 aliphatic rings. The van der Waals surface area contributed by atoms with E-state index in [4.69, 9.17) is 0 Å². The fraction of sp³-hybridized carbons (Fsp3) is 0.650. The van der Waals surface area contributed by atoms with Crippen LogP contribution in [0.3, 0.4) is 0 Å². The minimum absolute atomic E-state index is 0.00977. The Kier molecular flexibility index (Phi) is 8.27. The maximum absolute atomic E-state index is 11.4. The number of nitrogens with zero attached hydrogens (tertiary/aromatic N) is 6. The minimum Gasteiger partial charge on any atom is -0.395 e. The van der Waals surface area contributed by atoms with Crippen molar-refractivity contribution in [2.75, 3.05) is 31.6 Å². The second kappa shape index (κ2) is 11.1. The molecule has 0 spiro atoms. The molecule has 1 fully saturated rings. The summed E-state index contributed by atoms with van der Waals surface area (Å²) in [5.74, 6) is 0.0888. The summed E-state index contributed by atoms with van der Waals surface area (Å²) in [6, 6.07) is 4.89. The molecule has 1 saturated heterocycles. The van der Waals surface area contributed by atoms with Gasteiger partial charge in [-0.2, -0.15) is 0 Å². The van der Waals surface area contributed by atoms with Crippen LogP contribution in [0.4, 0.5) is 11.4 Å². The number of hydrogen-bond acceptors (Lipinski definition) is 9. The van der Waals surface area contributed by atoms with Gasteiger partial charge in [-0.05, 0) is 54.3 Å². The molecule has 1 aliphatic heterocycles. The predicted molar refractivity (Wildman–Crippen MR) is 115 cm³/mol. The van der Waals surface area contributed by atoms with Gasteiger partial charge >= 0.3 is 0 Å². The van der Waals surface area contributed by atoms with Crippen LogP contribution in [0.15, 0.2) is 24.5 Å². The van der Waals surface area contributed by atoms with Crippen LogP contribution in [0.1, 0.15) is 39.0 Å². The zero-order valence-corrected chi connectivity index (χ0v) is 17.8. The zero-order valence-electron chi connectivity index (χ0n) is 17.8. The van der Waals surface area contributed by atoms with Crippen LogP contribution < -0.4 is 5.32 Å². The lowest BCUT2D eigenvalue weighted by molar-refractivity contribution is -0.383. The molecule has 170 valence electrons. The molecule has 3 N–H and O–H groups in total. The van der Waals surface area contributed by atoms with Crippen molar-refractivity contribution in [2.24, 2.45) is 5.92 Å². The van der Waals surface area contributed by atoms with Crippen molar-refractivity contribution in [1.29, 1.82) is 0 Å². The van der Waals surface area contributed by atoms with Crippen molar-refractivity contribution < 1.29 is 15.1 Å². The highest BCUT2D eigenvalue weighted by Gasteiger charge is 2.33. The summed E-state index contributed by atoms with van der Waals surface area (Å²) in [7, 11) is 0. The molecule has 1 aromatic heterocycles. The Morgan fingerprint density at radius 1 is 1.29 bits per heavy atom. The van der Waals surface area contributed by atoms with Gasteiger partial charge in [0, 0.05) is 25.2 Å². The third-order valence-electron chi connectivity index (χ3n) is 6.06. The number of unbranched alkanes of at least 4 members (excludes halogenated alkanes) is 3. The number of nitro groups is 1. The molecule has 3 rings (SSSR count). The predicted octanol–water partition coefficient (Wildman–Crippen LogP) is 1.61. The molecule has 11 heteroatoms. The summed E-state index contributed by atoms with van der Waals surface area (Å²) in [5, 5.41) is 45.1. The number of piperidine rings is 1. The Labute approximate surface area is 181 Å². The molecule has 0 bridgehead atoms. The van der Waals surface area contributed by atoms with Crippen LogP contribution in [0.5, 0.6) is 0 Å². The lowest BCUT2D eigenvalue weighted by Crippen LogP contribution is -2.52. The molecular formula is C20H31N7O4. The van der Waals surface area contributed by atoms with Gasteiger partial charge in [0.15, 0.2) is 0 Å².